The molecule has 2 aromatic carbocycles. The molecule has 4 nitrogen and oxygen atoms in total. The predicted molar refractivity (Wildman–Crippen MR) is 87.4 cm³/mol. The van der Waals surface area contributed by atoms with Crippen LogP contribution >= 0.6 is 12.2 Å². The van der Waals surface area contributed by atoms with Gasteiger partial charge in [0.25, 0.3) is 0 Å². The first-order chi connectivity index (χ1) is 9.91. The number of rotatable bonds is 5. The highest BCUT2D eigenvalue weighted by molar-refractivity contribution is 7.89. The molecule has 0 unspecified atom stereocenters. The zero-order valence-electron chi connectivity index (χ0n) is 11.6. The summed E-state index contributed by atoms with van der Waals surface area (Å²) in [5, 5.41) is 0. The van der Waals surface area contributed by atoms with Gasteiger partial charge in [-0.2, -0.15) is 4.31 Å². The number of thiocarbonyl (C=S) groups is 1. The van der Waals surface area contributed by atoms with E-state index in [-0.39, 0.29) is 9.88 Å². The van der Waals surface area contributed by atoms with Crippen molar-refractivity contribution in [2.75, 3.05) is 7.05 Å². The van der Waals surface area contributed by atoms with Gasteiger partial charge in [0.2, 0.25) is 10.0 Å². The molecular weight excluding hydrogens is 304 g/mol. The Hall–Kier alpha value is -1.76. The van der Waals surface area contributed by atoms with Gasteiger partial charge in [-0.1, -0.05) is 54.7 Å². The van der Waals surface area contributed by atoms with E-state index in [1.54, 1.807) is 19.2 Å². The van der Waals surface area contributed by atoms with Crippen molar-refractivity contribution >= 4 is 27.2 Å². The third kappa shape index (κ3) is 3.66. The predicted octanol–water partition coefficient (Wildman–Crippen LogP) is 2.14. The smallest absolute Gasteiger partial charge is 0.243 e. The van der Waals surface area contributed by atoms with Crippen LogP contribution in [0.1, 0.15) is 11.1 Å². The van der Waals surface area contributed by atoms with Crippen LogP contribution in [0, 0.1) is 0 Å². The Kier molecular flexibility index (Phi) is 4.72. The quantitative estimate of drug-likeness (QED) is 0.857. The normalized spacial score (nSPS) is 11.5. The van der Waals surface area contributed by atoms with Crippen molar-refractivity contribution < 1.29 is 8.42 Å². The number of nitrogens with zero attached hydrogens (tertiary/aromatic N) is 1. The average Bonchev–Trinajstić information content (AvgIpc) is 2.48. The molecule has 0 amide bonds. The van der Waals surface area contributed by atoms with Crippen LogP contribution in [-0.2, 0) is 16.6 Å². The van der Waals surface area contributed by atoms with Gasteiger partial charge in [-0.15, -0.1) is 0 Å². The molecule has 0 aliphatic rings. The summed E-state index contributed by atoms with van der Waals surface area (Å²) in [4.78, 5) is 0.470. The van der Waals surface area contributed by atoms with Crippen LogP contribution in [0.3, 0.4) is 0 Å². The number of hydrogen-bond acceptors (Lipinski definition) is 3. The SMILES string of the molecule is CN(Cc1ccccc1)S(=O)(=O)c1ccc(C(N)=S)cc1. The molecule has 0 heterocycles. The number of benzene rings is 2. The summed E-state index contributed by atoms with van der Waals surface area (Å²) < 4.78 is 26.3. The fourth-order valence-electron chi connectivity index (χ4n) is 1.90. The zero-order valence-corrected chi connectivity index (χ0v) is 13.2. The van der Waals surface area contributed by atoms with Gasteiger partial charge in [-0.25, -0.2) is 8.42 Å². The van der Waals surface area contributed by atoms with Crippen LogP contribution in [-0.4, -0.2) is 24.8 Å². The fourth-order valence-corrected chi connectivity index (χ4v) is 3.19. The lowest BCUT2D eigenvalue weighted by atomic mass is 10.2. The third-order valence-corrected chi connectivity index (χ3v) is 5.15. The molecule has 0 saturated carbocycles. The molecule has 110 valence electrons. The average molecular weight is 320 g/mol. The minimum atomic E-state index is -3.53. The molecule has 0 aliphatic carbocycles. The van der Waals surface area contributed by atoms with E-state index in [2.05, 4.69) is 0 Å². The molecule has 0 spiro atoms. The van der Waals surface area contributed by atoms with Crippen LogP contribution in [0.2, 0.25) is 0 Å². The highest BCUT2D eigenvalue weighted by Gasteiger charge is 2.20. The first kappa shape index (κ1) is 15.6. The monoisotopic (exact) mass is 320 g/mol. The van der Waals surface area contributed by atoms with Gasteiger partial charge in [0, 0.05) is 19.2 Å². The molecule has 0 bridgehead atoms. The van der Waals surface area contributed by atoms with Crippen LogP contribution in [0.15, 0.2) is 59.5 Å². The first-order valence-corrected chi connectivity index (χ1v) is 8.16. The lowest BCUT2D eigenvalue weighted by molar-refractivity contribution is 0.467. The van der Waals surface area contributed by atoms with Gasteiger partial charge in [-0.05, 0) is 17.7 Å². The van der Waals surface area contributed by atoms with E-state index in [0.29, 0.717) is 12.1 Å². The van der Waals surface area contributed by atoms with Crippen LogP contribution < -0.4 is 5.73 Å². The molecule has 0 fully saturated rings. The summed E-state index contributed by atoms with van der Waals surface area (Å²) in [6, 6.07) is 15.7. The summed E-state index contributed by atoms with van der Waals surface area (Å²) in [7, 11) is -1.97. The Balaban J connectivity index is 2.22. The Morgan fingerprint density at radius 2 is 1.67 bits per heavy atom. The molecule has 0 aliphatic heterocycles. The summed E-state index contributed by atoms with van der Waals surface area (Å²) in [5.41, 5.74) is 7.09. The highest BCUT2D eigenvalue weighted by Crippen LogP contribution is 2.17. The Labute approximate surface area is 130 Å². The van der Waals surface area contributed by atoms with Gasteiger partial charge < -0.3 is 5.73 Å². The van der Waals surface area contributed by atoms with Gasteiger partial charge in [0.1, 0.15) is 4.99 Å². The summed E-state index contributed by atoms with van der Waals surface area (Å²) in [6.45, 7) is 0.320. The largest absolute Gasteiger partial charge is 0.389 e. The molecule has 2 rings (SSSR count). The molecule has 2 N–H and O–H groups in total. The molecule has 0 aromatic heterocycles. The van der Waals surface area contributed by atoms with Crippen molar-refractivity contribution in [1.29, 1.82) is 0 Å². The molecule has 21 heavy (non-hydrogen) atoms. The topological polar surface area (TPSA) is 63.4 Å². The van der Waals surface area contributed by atoms with Gasteiger partial charge in [0.15, 0.2) is 0 Å². The van der Waals surface area contributed by atoms with Crippen LogP contribution in [0.4, 0.5) is 0 Å². The zero-order chi connectivity index (χ0) is 15.5. The molecular formula is C15H16N2O2S2. The van der Waals surface area contributed by atoms with Crippen molar-refractivity contribution in [2.24, 2.45) is 5.73 Å². The maximum atomic E-state index is 12.5. The van der Waals surface area contributed by atoms with E-state index in [1.165, 1.54) is 16.4 Å². The van der Waals surface area contributed by atoms with Crippen molar-refractivity contribution in [1.82, 2.24) is 4.31 Å². The van der Waals surface area contributed by atoms with Crippen molar-refractivity contribution in [3.63, 3.8) is 0 Å². The maximum Gasteiger partial charge on any atom is 0.243 e. The van der Waals surface area contributed by atoms with E-state index >= 15 is 0 Å². The summed E-state index contributed by atoms with van der Waals surface area (Å²) in [5.74, 6) is 0. The van der Waals surface area contributed by atoms with E-state index in [4.69, 9.17) is 18.0 Å². The second-order valence-corrected chi connectivity index (χ2v) is 7.12. The first-order valence-electron chi connectivity index (χ1n) is 6.31. The van der Waals surface area contributed by atoms with E-state index in [9.17, 15) is 8.42 Å². The van der Waals surface area contributed by atoms with Gasteiger partial charge in [-0.3, -0.25) is 0 Å². The molecule has 6 heteroatoms. The Bertz CT molecular complexity index is 726. The van der Waals surface area contributed by atoms with Crippen molar-refractivity contribution in [3.8, 4) is 0 Å². The second-order valence-electron chi connectivity index (χ2n) is 4.64. The lowest BCUT2D eigenvalue weighted by Crippen LogP contribution is -2.26. The molecule has 2 aromatic rings. The number of sulfonamides is 1. The minimum Gasteiger partial charge on any atom is -0.389 e. The number of hydrogen-bond donors (Lipinski definition) is 1. The maximum absolute atomic E-state index is 12.5. The van der Waals surface area contributed by atoms with Gasteiger partial charge >= 0.3 is 0 Å². The Morgan fingerprint density at radius 3 is 2.19 bits per heavy atom. The lowest BCUT2D eigenvalue weighted by Gasteiger charge is -2.17. The Morgan fingerprint density at radius 1 is 1.10 bits per heavy atom. The van der Waals surface area contributed by atoms with Crippen molar-refractivity contribution in [3.05, 3.63) is 65.7 Å². The highest BCUT2D eigenvalue weighted by atomic mass is 32.2. The van der Waals surface area contributed by atoms with E-state index in [1.807, 2.05) is 30.3 Å². The summed E-state index contributed by atoms with van der Waals surface area (Å²) in [6.07, 6.45) is 0. The van der Waals surface area contributed by atoms with Crippen LogP contribution in [0.25, 0.3) is 0 Å². The molecule has 0 atom stereocenters. The fraction of sp³-hybridized carbons (Fsp3) is 0.133. The van der Waals surface area contributed by atoms with Crippen molar-refractivity contribution in [2.45, 2.75) is 11.4 Å². The molecule has 0 saturated heterocycles. The van der Waals surface area contributed by atoms with E-state index < -0.39 is 10.0 Å². The minimum absolute atomic E-state index is 0.223. The number of nitrogens with two attached hydrogens (primary N) is 1. The second kappa shape index (κ2) is 6.34. The van der Waals surface area contributed by atoms with Crippen LogP contribution in [0.5, 0.6) is 0 Å². The standard InChI is InChI=1S/C15H16N2O2S2/c1-17(11-12-5-3-2-4-6-12)21(18,19)14-9-7-13(8-10-14)15(16)20/h2-10H,11H2,1H3,(H2,16,20). The van der Waals surface area contributed by atoms with Gasteiger partial charge in [0.05, 0.1) is 4.90 Å². The third-order valence-electron chi connectivity index (χ3n) is 3.10. The molecule has 0 radical (unpaired) electrons. The van der Waals surface area contributed by atoms with E-state index in [0.717, 1.165) is 5.56 Å². The summed E-state index contributed by atoms with van der Waals surface area (Å²) >= 11 is 4.85.